The van der Waals surface area contributed by atoms with Crippen LogP contribution in [0.4, 0.5) is 0 Å². The number of nitrogens with one attached hydrogen (secondary N) is 1. The third-order valence-electron chi connectivity index (χ3n) is 4.94. The van der Waals surface area contributed by atoms with Crippen molar-refractivity contribution < 1.29 is 14.4 Å². The molecule has 0 spiro atoms. The van der Waals surface area contributed by atoms with Crippen LogP contribution in [0.1, 0.15) is 35.5 Å². The minimum atomic E-state index is -0.489. The van der Waals surface area contributed by atoms with Crippen LogP contribution in [0.2, 0.25) is 0 Å². The molecule has 1 aliphatic rings. The van der Waals surface area contributed by atoms with Gasteiger partial charge in [-0.25, -0.2) is 4.98 Å². The van der Waals surface area contributed by atoms with Crippen molar-refractivity contribution in [2.75, 3.05) is 7.11 Å². The van der Waals surface area contributed by atoms with Crippen molar-refractivity contribution in [2.24, 2.45) is 12.2 Å². The molecular weight excluding hydrogens is 368 g/mol. The highest BCUT2D eigenvalue weighted by Gasteiger charge is 2.31. The van der Waals surface area contributed by atoms with E-state index < -0.39 is 6.04 Å². The maximum atomic E-state index is 13.0. The topological polar surface area (TPSA) is 77.7 Å². The van der Waals surface area contributed by atoms with Crippen LogP contribution < -0.4 is 10.1 Å². The van der Waals surface area contributed by atoms with Gasteiger partial charge in [-0.2, -0.15) is 0 Å². The zero-order valence-electron chi connectivity index (χ0n) is 16.3. The predicted octanol–water partition coefficient (Wildman–Crippen LogP) is 3.15. The van der Waals surface area contributed by atoms with Crippen molar-refractivity contribution in [3.8, 4) is 5.75 Å². The second kappa shape index (κ2) is 8.18. The number of imidazole rings is 1. The van der Waals surface area contributed by atoms with Gasteiger partial charge in [-0.3, -0.25) is 4.79 Å². The summed E-state index contributed by atoms with van der Waals surface area (Å²) in [7, 11) is 3.49. The number of para-hydroxylation sites is 1. The van der Waals surface area contributed by atoms with Crippen molar-refractivity contribution in [3.05, 3.63) is 83.9 Å². The van der Waals surface area contributed by atoms with Crippen LogP contribution in [0.3, 0.4) is 0 Å². The van der Waals surface area contributed by atoms with Gasteiger partial charge in [0, 0.05) is 31.4 Å². The number of rotatable bonds is 6. The molecule has 148 valence electrons. The third-order valence-corrected chi connectivity index (χ3v) is 4.94. The summed E-state index contributed by atoms with van der Waals surface area (Å²) < 4.78 is 7.38. The maximum absolute atomic E-state index is 13.0. The highest BCUT2D eigenvalue weighted by atomic mass is 16.6. The average molecular weight is 390 g/mol. The van der Waals surface area contributed by atoms with Gasteiger partial charge in [-0.15, -0.1) is 0 Å². The molecule has 2 heterocycles. The first-order valence-electron chi connectivity index (χ1n) is 9.36. The van der Waals surface area contributed by atoms with Gasteiger partial charge in [0.2, 0.25) is 0 Å². The highest BCUT2D eigenvalue weighted by molar-refractivity contribution is 6.39. The Kier molecular flexibility index (Phi) is 5.29. The molecule has 0 saturated heterocycles. The smallest absolute Gasteiger partial charge is 0.270 e. The van der Waals surface area contributed by atoms with Crippen molar-refractivity contribution >= 4 is 11.6 Å². The molecule has 0 radical (unpaired) electrons. The number of hydrogen-bond acceptors (Lipinski definition) is 5. The largest absolute Gasteiger partial charge is 0.496 e. The normalized spacial score (nSPS) is 16.6. The average Bonchev–Trinajstić information content (AvgIpc) is 3.42. The van der Waals surface area contributed by atoms with E-state index in [1.54, 1.807) is 13.3 Å². The summed E-state index contributed by atoms with van der Waals surface area (Å²) >= 11 is 0. The zero-order valence-corrected chi connectivity index (χ0v) is 16.3. The number of amides is 1. The summed E-state index contributed by atoms with van der Waals surface area (Å²) in [6.07, 6.45) is 3.70. The number of carbonyl (C=O) groups is 1. The quantitative estimate of drug-likeness (QED) is 0.701. The second-order valence-electron chi connectivity index (χ2n) is 6.79. The van der Waals surface area contributed by atoms with Crippen molar-refractivity contribution in [2.45, 2.75) is 18.6 Å². The van der Waals surface area contributed by atoms with Crippen LogP contribution in [0.15, 0.2) is 72.1 Å². The zero-order chi connectivity index (χ0) is 20.2. The van der Waals surface area contributed by atoms with E-state index in [9.17, 15) is 4.79 Å². The van der Waals surface area contributed by atoms with Crippen LogP contribution >= 0.6 is 0 Å². The van der Waals surface area contributed by atoms with Crippen molar-refractivity contribution in [3.63, 3.8) is 0 Å². The molecule has 7 nitrogen and oxygen atoms in total. The minimum Gasteiger partial charge on any atom is -0.496 e. The molecule has 0 aliphatic carbocycles. The van der Waals surface area contributed by atoms with E-state index in [1.165, 1.54) is 0 Å². The van der Waals surface area contributed by atoms with Crippen LogP contribution in [0.5, 0.6) is 5.75 Å². The van der Waals surface area contributed by atoms with Crippen molar-refractivity contribution in [1.29, 1.82) is 0 Å². The Labute approximate surface area is 169 Å². The molecule has 1 aromatic heterocycles. The summed E-state index contributed by atoms with van der Waals surface area (Å²) in [6, 6.07) is 16.8. The summed E-state index contributed by atoms with van der Waals surface area (Å²) in [4.78, 5) is 22.9. The maximum Gasteiger partial charge on any atom is 0.270 e. The lowest BCUT2D eigenvalue weighted by molar-refractivity contribution is -0.115. The monoisotopic (exact) mass is 390 g/mol. The van der Waals surface area contributed by atoms with Crippen LogP contribution in [0.25, 0.3) is 0 Å². The number of ether oxygens (including phenoxy) is 1. The van der Waals surface area contributed by atoms with E-state index >= 15 is 0 Å². The van der Waals surface area contributed by atoms with Crippen LogP contribution in [0, 0.1) is 0 Å². The lowest BCUT2D eigenvalue weighted by Gasteiger charge is -2.21. The molecule has 2 unspecified atom stereocenters. The molecule has 29 heavy (non-hydrogen) atoms. The summed E-state index contributed by atoms with van der Waals surface area (Å²) in [5, 5.41) is 7.08. The SMILES string of the molecule is COc1ccccc1C(NC(=O)C1=NOC(c2ccccc2)C1)c1nccn1C. The molecular formula is C22H22N4O3. The fourth-order valence-corrected chi connectivity index (χ4v) is 3.41. The summed E-state index contributed by atoms with van der Waals surface area (Å²) in [6.45, 7) is 0. The summed E-state index contributed by atoms with van der Waals surface area (Å²) in [5.74, 6) is 1.08. The van der Waals surface area contributed by atoms with E-state index in [0.717, 1.165) is 11.1 Å². The number of benzene rings is 2. The number of oxime groups is 1. The van der Waals surface area contributed by atoms with Gasteiger partial charge >= 0.3 is 0 Å². The molecule has 1 aliphatic heterocycles. The fraction of sp³-hybridized carbons (Fsp3) is 0.227. The molecule has 0 saturated carbocycles. The number of aryl methyl sites for hydroxylation is 1. The van der Waals surface area contributed by atoms with Gasteiger partial charge < -0.3 is 19.5 Å². The summed E-state index contributed by atoms with van der Waals surface area (Å²) in [5.41, 5.74) is 2.16. The van der Waals surface area contributed by atoms with Crippen molar-refractivity contribution in [1.82, 2.24) is 14.9 Å². The molecule has 0 fully saturated rings. The number of methoxy groups -OCH3 is 1. The van der Waals surface area contributed by atoms with Gasteiger partial charge in [-0.1, -0.05) is 53.7 Å². The predicted molar refractivity (Wildman–Crippen MR) is 109 cm³/mol. The van der Waals surface area contributed by atoms with E-state index in [0.29, 0.717) is 23.7 Å². The first-order chi connectivity index (χ1) is 14.2. The molecule has 2 atom stereocenters. The minimum absolute atomic E-state index is 0.255. The molecule has 4 rings (SSSR count). The standard InChI is InChI=1S/C22H22N4O3/c1-26-13-12-23-21(26)20(16-10-6-7-11-18(16)28-2)24-22(27)17-14-19(29-25-17)15-8-4-3-5-9-15/h3-13,19-20H,14H2,1-2H3,(H,24,27). The Hall–Kier alpha value is -3.61. The van der Waals surface area contributed by atoms with Crippen LogP contribution in [-0.2, 0) is 16.7 Å². The van der Waals surface area contributed by atoms with E-state index in [4.69, 9.17) is 9.57 Å². The Morgan fingerprint density at radius 3 is 2.69 bits per heavy atom. The Bertz CT molecular complexity index is 1030. The lowest BCUT2D eigenvalue weighted by Crippen LogP contribution is -2.35. The first-order valence-corrected chi connectivity index (χ1v) is 9.36. The molecule has 1 N–H and O–H groups in total. The highest BCUT2D eigenvalue weighted by Crippen LogP contribution is 2.30. The van der Waals surface area contributed by atoms with E-state index in [1.807, 2.05) is 72.4 Å². The first kappa shape index (κ1) is 18.7. The Morgan fingerprint density at radius 2 is 1.97 bits per heavy atom. The second-order valence-corrected chi connectivity index (χ2v) is 6.79. The van der Waals surface area contributed by atoms with Gasteiger partial charge in [0.15, 0.2) is 6.10 Å². The number of carbonyl (C=O) groups excluding carboxylic acids is 1. The number of hydrogen-bond donors (Lipinski definition) is 1. The molecule has 1 amide bonds. The van der Waals surface area contributed by atoms with Crippen LogP contribution in [-0.4, -0.2) is 28.3 Å². The van der Waals surface area contributed by atoms with Gasteiger partial charge in [0.1, 0.15) is 23.3 Å². The number of nitrogens with zero attached hydrogens (tertiary/aromatic N) is 3. The lowest BCUT2D eigenvalue weighted by atomic mass is 10.0. The molecule has 3 aromatic rings. The Morgan fingerprint density at radius 1 is 1.21 bits per heavy atom. The third kappa shape index (κ3) is 3.85. The van der Waals surface area contributed by atoms with Gasteiger partial charge in [0.25, 0.3) is 5.91 Å². The fourth-order valence-electron chi connectivity index (χ4n) is 3.41. The molecule has 2 aromatic carbocycles. The van der Waals surface area contributed by atoms with E-state index in [2.05, 4.69) is 15.5 Å². The molecule has 7 heteroatoms. The molecule has 0 bridgehead atoms. The Balaban J connectivity index is 1.57. The van der Waals surface area contributed by atoms with E-state index in [-0.39, 0.29) is 12.0 Å². The van der Waals surface area contributed by atoms with Gasteiger partial charge in [-0.05, 0) is 11.6 Å². The number of aromatic nitrogens is 2. The van der Waals surface area contributed by atoms with Gasteiger partial charge in [0.05, 0.1) is 7.11 Å².